The zero-order valence-electron chi connectivity index (χ0n) is 28.5. The zero-order chi connectivity index (χ0) is 34.7. The Balaban J connectivity index is 1.64. The minimum absolute atomic E-state index is 0.0318. The summed E-state index contributed by atoms with van der Waals surface area (Å²) in [5.41, 5.74) is 1.26. The van der Waals surface area contributed by atoms with Gasteiger partial charge in [0.25, 0.3) is 5.91 Å². The Bertz CT molecular complexity index is 1770. The largest absolute Gasteiger partial charge is 0.497 e. The fourth-order valence-corrected chi connectivity index (χ4v) is 6.90. The summed E-state index contributed by atoms with van der Waals surface area (Å²) in [6.45, 7) is 11.1. The van der Waals surface area contributed by atoms with E-state index in [4.69, 9.17) is 23.4 Å². The van der Waals surface area contributed by atoms with Crippen molar-refractivity contribution in [2.75, 3.05) is 25.9 Å². The van der Waals surface area contributed by atoms with Crippen LogP contribution < -0.4 is 19.1 Å². The van der Waals surface area contributed by atoms with E-state index in [1.807, 2.05) is 60.7 Å². The van der Waals surface area contributed by atoms with Gasteiger partial charge in [0.2, 0.25) is 5.41 Å². The van der Waals surface area contributed by atoms with E-state index >= 15 is 4.79 Å². The highest BCUT2D eigenvalue weighted by Crippen LogP contribution is 2.53. The number of esters is 1. The van der Waals surface area contributed by atoms with Crippen LogP contribution in [0.4, 0.5) is 5.69 Å². The average molecular weight is 733 g/mol. The summed E-state index contributed by atoms with van der Waals surface area (Å²) in [6, 6.07) is 27.9. The molecule has 0 spiro atoms. The number of hydrogen-bond acceptors (Lipinski definition) is 7. The molecule has 0 saturated heterocycles. The molecule has 1 unspecified atom stereocenters. The highest BCUT2D eigenvalue weighted by atomic mass is 79.9. The normalized spacial score (nSPS) is 16.0. The predicted octanol–water partition coefficient (Wildman–Crippen LogP) is 8.40. The van der Waals surface area contributed by atoms with Gasteiger partial charge in [0.05, 0.1) is 19.9 Å². The molecule has 0 bridgehead atoms. The fraction of sp³-hybridized carbons (Fsp3) is 0.316. The maximum Gasteiger partial charge on any atom is 0.330 e. The van der Waals surface area contributed by atoms with E-state index in [0.717, 1.165) is 16.9 Å². The Morgan fingerprint density at radius 3 is 2.10 bits per heavy atom. The molecule has 48 heavy (non-hydrogen) atoms. The van der Waals surface area contributed by atoms with Crippen molar-refractivity contribution in [1.82, 2.24) is 0 Å². The number of amides is 1. The minimum Gasteiger partial charge on any atom is -0.497 e. The molecule has 0 fully saturated rings. The van der Waals surface area contributed by atoms with E-state index in [2.05, 4.69) is 49.8 Å². The lowest BCUT2D eigenvalue weighted by Gasteiger charge is -2.37. The third kappa shape index (κ3) is 6.74. The monoisotopic (exact) mass is 731 g/mol. The number of halogens is 1. The smallest absolute Gasteiger partial charge is 0.330 e. The van der Waals surface area contributed by atoms with Crippen LogP contribution in [0.3, 0.4) is 0 Å². The maximum absolute atomic E-state index is 15.0. The third-order valence-corrected chi connectivity index (χ3v) is 14.3. The number of carbonyl (C=O) groups excluding carboxylic acids is 2. The number of carbonyl (C=O) groups is 2. The topological polar surface area (TPSA) is 83.5 Å². The van der Waals surface area contributed by atoms with Gasteiger partial charge in [-0.15, -0.1) is 0 Å². The van der Waals surface area contributed by atoms with Gasteiger partial charge < -0.3 is 23.4 Å². The summed E-state index contributed by atoms with van der Waals surface area (Å²) in [6.07, 6.45) is 0. The molecule has 252 valence electrons. The Hall–Kier alpha value is -4.12. The average Bonchev–Trinajstić information content (AvgIpc) is 3.34. The van der Waals surface area contributed by atoms with Crippen LogP contribution in [0, 0.1) is 0 Å². The van der Waals surface area contributed by atoms with Crippen molar-refractivity contribution in [2.45, 2.75) is 57.5 Å². The van der Waals surface area contributed by atoms with E-state index in [9.17, 15) is 4.79 Å². The quantitative estimate of drug-likeness (QED) is 0.0822. The molecule has 1 heterocycles. The number of methoxy groups -OCH3 is 2. The second-order valence-electron chi connectivity index (χ2n) is 13.2. The summed E-state index contributed by atoms with van der Waals surface area (Å²) >= 11 is 3.67. The third-order valence-electron chi connectivity index (χ3n) is 9.24. The van der Waals surface area contributed by atoms with Crippen molar-refractivity contribution in [3.8, 4) is 17.2 Å². The number of nitrogens with zero attached hydrogens (tertiary/aromatic N) is 1. The molecule has 0 N–H and O–H groups in total. The van der Waals surface area contributed by atoms with Gasteiger partial charge in [-0.05, 0) is 81.6 Å². The Kier molecular flexibility index (Phi) is 10.4. The van der Waals surface area contributed by atoms with Gasteiger partial charge in [0, 0.05) is 15.6 Å². The van der Waals surface area contributed by atoms with Gasteiger partial charge in [-0.25, -0.2) is 0 Å². The molecule has 1 aliphatic rings. The molecule has 1 atom stereocenters. The van der Waals surface area contributed by atoms with Gasteiger partial charge in [0.1, 0.15) is 37.2 Å². The molecule has 4 aromatic carbocycles. The summed E-state index contributed by atoms with van der Waals surface area (Å²) in [4.78, 5) is 30.9. The molecule has 5 rings (SSSR count). The second kappa shape index (κ2) is 14.2. The van der Waals surface area contributed by atoms with Crippen LogP contribution in [0.2, 0.25) is 18.1 Å². The van der Waals surface area contributed by atoms with Gasteiger partial charge in [-0.3, -0.25) is 14.5 Å². The molecule has 0 radical (unpaired) electrons. The predicted molar refractivity (Wildman–Crippen MR) is 192 cm³/mol. The van der Waals surface area contributed by atoms with Crippen molar-refractivity contribution in [1.29, 1.82) is 0 Å². The first-order valence-corrected chi connectivity index (χ1v) is 19.4. The molecule has 4 aromatic rings. The SMILES string of the molecule is COC(=O)C1(c2cc(OCc3ccccc3)ccc2OCc2ccc(OC)cc2)C(=O)N(CO[Si](C)(C)C(C)(C)C)c2c(Br)cccc21. The molecule has 0 saturated carbocycles. The van der Waals surface area contributed by atoms with Crippen molar-refractivity contribution in [3.05, 3.63) is 118 Å². The molecule has 1 aliphatic heterocycles. The van der Waals surface area contributed by atoms with Crippen molar-refractivity contribution in [2.24, 2.45) is 0 Å². The van der Waals surface area contributed by atoms with Crippen LogP contribution in [0.5, 0.6) is 17.2 Å². The highest BCUT2D eigenvalue weighted by molar-refractivity contribution is 9.10. The van der Waals surface area contributed by atoms with E-state index in [1.54, 1.807) is 42.3 Å². The molecular weight excluding hydrogens is 690 g/mol. The second-order valence-corrected chi connectivity index (χ2v) is 18.9. The lowest BCUT2D eigenvalue weighted by molar-refractivity contribution is -0.149. The van der Waals surface area contributed by atoms with Crippen LogP contribution in [0.1, 0.15) is 43.0 Å². The van der Waals surface area contributed by atoms with E-state index in [1.165, 1.54) is 7.11 Å². The Labute approximate surface area is 292 Å². The molecule has 1 amide bonds. The molecule has 10 heteroatoms. The van der Waals surface area contributed by atoms with Crippen LogP contribution >= 0.6 is 15.9 Å². The summed E-state index contributed by atoms with van der Waals surface area (Å²) in [5.74, 6) is 0.298. The Morgan fingerprint density at radius 2 is 1.46 bits per heavy atom. The lowest BCUT2D eigenvalue weighted by Crippen LogP contribution is -2.50. The van der Waals surface area contributed by atoms with Crippen LogP contribution in [-0.2, 0) is 37.4 Å². The van der Waals surface area contributed by atoms with Crippen LogP contribution in [0.15, 0.2) is 95.5 Å². The standard InChI is InChI=1S/C38H42BrNO7Si/c1-37(2,3)48(6,7)47-25-40-34-30(14-11-15-32(34)39)38(35(40)41,36(42)44-5)31-22-29(45-23-26-12-9-8-10-13-26)20-21-33(31)46-24-27-16-18-28(43-4)19-17-27/h8-22H,23-25H2,1-7H3. The maximum atomic E-state index is 15.0. The Morgan fingerprint density at radius 1 is 0.812 bits per heavy atom. The molecule has 8 nitrogen and oxygen atoms in total. The summed E-state index contributed by atoms with van der Waals surface area (Å²) < 4.78 is 30.6. The summed E-state index contributed by atoms with van der Waals surface area (Å²) in [7, 11) is 0.600. The van der Waals surface area contributed by atoms with Gasteiger partial charge in [0.15, 0.2) is 8.32 Å². The molecule has 0 aromatic heterocycles. The van der Waals surface area contributed by atoms with Crippen LogP contribution in [-0.4, -0.2) is 41.1 Å². The van der Waals surface area contributed by atoms with Gasteiger partial charge >= 0.3 is 5.97 Å². The number of ether oxygens (including phenoxy) is 4. The lowest BCUT2D eigenvalue weighted by atomic mass is 9.74. The van der Waals surface area contributed by atoms with Gasteiger partial charge in [-0.2, -0.15) is 0 Å². The van der Waals surface area contributed by atoms with Crippen molar-refractivity contribution >= 4 is 41.8 Å². The number of para-hydroxylation sites is 1. The number of hydrogen-bond donors (Lipinski definition) is 0. The van der Waals surface area contributed by atoms with Crippen LogP contribution in [0.25, 0.3) is 0 Å². The van der Waals surface area contributed by atoms with E-state index < -0.39 is 25.6 Å². The minimum atomic E-state index is -2.30. The number of anilines is 1. The zero-order valence-corrected chi connectivity index (χ0v) is 31.1. The summed E-state index contributed by atoms with van der Waals surface area (Å²) in [5, 5.41) is -0.0984. The number of rotatable bonds is 12. The first-order chi connectivity index (χ1) is 22.8. The fourth-order valence-electron chi connectivity index (χ4n) is 5.44. The van der Waals surface area contributed by atoms with E-state index in [0.29, 0.717) is 39.4 Å². The molecule has 0 aliphatic carbocycles. The van der Waals surface area contributed by atoms with Crippen molar-refractivity contribution < 1.29 is 33.0 Å². The van der Waals surface area contributed by atoms with E-state index in [-0.39, 0.29) is 18.4 Å². The first-order valence-electron chi connectivity index (χ1n) is 15.7. The number of benzene rings is 4. The van der Waals surface area contributed by atoms with Gasteiger partial charge in [-0.1, -0.05) is 75.4 Å². The first kappa shape index (κ1) is 35.2. The highest BCUT2D eigenvalue weighted by Gasteiger charge is 2.61. The number of fused-ring (bicyclic) bond motifs is 1. The van der Waals surface area contributed by atoms with Crippen molar-refractivity contribution in [3.63, 3.8) is 0 Å². The molecular formula is C38H42BrNO7Si.